The van der Waals surface area contributed by atoms with Gasteiger partial charge in [-0.3, -0.25) is 0 Å². The van der Waals surface area contributed by atoms with Gasteiger partial charge in [-0.15, -0.1) is 11.8 Å². The van der Waals surface area contributed by atoms with Gasteiger partial charge < -0.3 is 9.47 Å². The summed E-state index contributed by atoms with van der Waals surface area (Å²) < 4.78 is 14.9. The summed E-state index contributed by atoms with van der Waals surface area (Å²) in [6.07, 6.45) is 0. The van der Waals surface area contributed by atoms with Crippen LogP contribution >= 0.6 is 11.8 Å². The molecule has 2 heterocycles. The average Bonchev–Trinajstić information content (AvgIpc) is 3.17. The van der Waals surface area contributed by atoms with Gasteiger partial charge in [-0.2, -0.15) is 4.40 Å². The van der Waals surface area contributed by atoms with Crippen LogP contribution in [-0.2, 0) is 12.8 Å². The molecule has 0 aliphatic carbocycles. The first-order chi connectivity index (χ1) is 16.6. The fraction of sp³-hybridized carbons (Fsp3) is 0.143. The van der Waals surface area contributed by atoms with Crippen molar-refractivity contribution in [3.63, 3.8) is 0 Å². The van der Waals surface area contributed by atoms with Crippen molar-refractivity contribution in [3.05, 3.63) is 88.7 Å². The molecule has 6 aromatic rings. The molecule has 34 heavy (non-hydrogen) atoms. The summed E-state index contributed by atoms with van der Waals surface area (Å²) in [5, 5.41) is 3.88. The molecular weight excluding hydrogens is 444 g/mol. The van der Waals surface area contributed by atoms with E-state index in [1.165, 1.54) is 10.5 Å². The van der Waals surface area contributed by atoms with Gasteiger partial charge in [0.15, 0.2) is 22.5 Å². The van der Waals surface area contributed by atoms with Crippen LogP contribution in [0.4, 0.5) is 0 Å². The van der Waals surface area contributed by atoms with Gasteiger partial charge in [0, 0.05) is 28.2 Å². The van der Waals surface area contributed by atoms with E-state index in [0.717, 1.165) is 44.0 Å². The highest BCUT2D eigenvalue weighted by Crippen LogP contribution is 2.37. The van der Waals surface area contributed by atoms with Crippen molar-refractivity contribution in [3.8, 4) is 11.5 Å². The molecule has 0 bridgehead atoms. The molecule has 0 spiro atoms. The first-order valence-electron chi connectivity index (χ1n) is 11.1. The zero-order valence-corrected chi connectivity index (χ0v) is 20.0. The van der Waals surface area contributed by atoms with Gasteiger partial charge in [0.1, 0.15) is 0 Å². The maximum atomic E-state index is 13.8. The van der Waals surface area contributed by atoms with Crippen molar-refractivity contribution in [2.75, 3.05) is 14.2 Å². The number of aryl methyl sites for hydroxylation is 1. The number of thioether (sulfide) groups is 1. The number of hydrogen-bond donors (Lipinski definition) is 0. The van der Waals surface area contributed by atoms with Crippen molar-refractivity contribution in [1.82, 2.24) is 4.40 Å². The molecule has 0 unspecified atom stereocenters. The Morgan fingerprint density at radius 2 is 1.59 bits per heavy atom. The minimum Gasteiger partial charge on any atom is -0.493 e. The monoisotopic (exact) mass is 467 g/mol. The number of hydrogen-bond acceptors (Lipinski definition) is 4. The summed E-state index contributed by atoms with van der Waals surface area (Å²) in [4.78, 5) is 15.0. The van der Waals surface area contributed by atoms with Gasteiger partial charge in [-0.25, -0.2) is 9.36 Å². The van der Waals surface area contributed by atoms with Crippen molar-refractivity contribution >= 4 is 50.0 Å². The van der Waals surface area contributed by atoms with Gasteiger partial charge in [0.05, 0.1) is 32.0 Å². The summed E-state index contributed by atoms with van der Waals surface area (Å²) in [6, 6.07) is 24.6. The SMILES string of the molecule is COc1cc2c(cc1OC)[n+](C)c1c3cccc4c(SCc5ccccc5)ccc(c(=O)n21)c43. The molecule has 5 nitrogen and oxygen atoms in total. The Morgan fingerprint density at radius 3 is 2.35 bits per heavy atom. The molecular formula is C28H23N2O3S+. The highest BCUT2D eigenvalue weighted by molar-refractivity contribution is 7.98. The molecule has 4 aromatic carbocycles. The lowest BCUT2D eigenvalue weighted by atomic mass is 10.0. The molecule has 6 heteroatoms. The number of nitrogens with zero attached hydrogens (tertiary/aromatic N) is 2. The number of rotatable bonds is 5. The van der Waals surface area contributed by atoms with Gasteiger partial charge in [0.25, 0.3) is 5.65 Å². The highest BCUT2D eigenvalue weighted by Gasteiger charge is 2.27. The van der Waals surface area contributed by atoms with Crippen molar-refractivity contribution < 1.29 is 14.0 Å². The Hall–Kier alpha value is -3.77. The van der Waals surface area contributed by atoms with Crippen molar-refractivity contribution in [1.29, 1.82) is 0 Å². The van der Waals surface area contributed by atoms with E-state index in [1.54, 1.807) is 30.4 Å². The lowest BCUT2D eigenvalue weighted by Gasteiger charge is -2.10. The number of fused-ring (bicyclic) bond motifs is 4. The topological polar surface area (TPSA) is 43.8 Å². The van der Waals surface area contributed by atoms with Gasteiger partial charge in [0.2, 0.25) is 0 Å². The quantitative estimate of drug-likeness (QED) is 0.254. The predicted octanol–water partition coefficient (Wildman–Crippen LogP) is 5.33. The van der Waals surface area contributed by atoms with E-state index in [-0.39, 0.29) is 5.56 Å². The van der Waals surface area contributed by atoms with Gasteiger partial charge in [-0.05, 0) is 29.1 Å². The standard InChI is InChI=1S/C28H23N2O3S/c1-29-21-14-23(32-2)24(33-3)15-22(21)30-27(29)19-11-7-10-18-25(13-12-20(26(18)19)28(30)31)34-16-17-8-5-4-6-9-17/h4-15H,16H2,1-3H3/q+1. The third kappa shape index (κ3) is 2.95. The second-order valence-corrected chi connectivity index (χ2v) is 9.35. The van der Waals surface area contributed by atoms with Crippen LogP contribution in [0.15, 0.2) is 82.5 Å². The molecule has 2 aromatic heterocycles. The van der Waals surface area contributed by atoms with Crippen LogP contribution in [0.2, 0.25) is 0 Å². The third-order valence-electron chi connectivity index (χ3n) is 6.52. The largest absolute Gasteiger partial charge is 0.493 e. The molecule has 0 amide bonds. The fourth-order valence-corrected chi connectivity index (χ4v) is 5.92. The molecule has 0 atom stereocenters. The first kappa shape index (κ1) is 20.8. The molecule has 0 radical (unpaired) electrons. The first-order valence-corrected chi connectivity index (χ1v) is 12.0. The Balaban J connectivity index is 1.66. The molecule has 0 fully saturated rings. The molecule has 0 aliphatic rings. The minimum absolute atomic E-state index is 0.0314. The lowest BCUT2D eigenvalue weighted by molar-refractivity contribution is -0.617. The van der Waals surface area contributed by atoms with E-state index in [9.17, 15) is 4.79 Å². The number of aromatic nitrogens is 2. The molecule has 6 rings (SSSR count). The van der Waals surface area contributed by atoms with E-state index in [0.29, 0.717) is 11.5 Å². The van der Waals surface area contributed by atoms with Crippen LogP contribution in [0.5, 0.6) is 11.5 Å². The highest BCUT2D eigenvalue weighted by atomic mass is 32.2. The van der Waals surface area contributed by atoms with E-state index in [2.05, 4.69) is 53.1 Å². The number of methoxy groups -OCH3 is 2. The predicted molar refractivity (Wildman–Crippen MR) is 138 cm³/mol. The second kappa shape index (κ2) is 7.92. The summed E-state index contributed by atoms with van der Waals surface area (Å²) in [5.74, 6) is 2.11. The van der Waals surface area contributed by atoms with Crippen LogP contribution in [0, 0.1) is 0 Å². The molecule has 0 saturated heterocycles. The number of ether oxygens (including phenoxy) is 2. The third-order valence-corrected chi connectivity index (χ3v) is 7.67. The summed E-state index contributed by atoms with van der Waals surface area (Å²) in [5.41, 5.74) is 3.81. The Labute approximate surface area is 200 Å². The van der Waals surface area contributed by atoms with Crippen LogP contribution in [0.25, 0.3) is 38.2 Å². The van der Waals surface area contributed by atoms with Crippen molar-refractivity contribution in [2.24, 2.45) is 7.05 Å². The Bertz CT molecular complexity index is 1760. The normalized spacial score (nSPS) is 11.7. The number of benzene rings is 4. The molecule has 0 saturated carbocycles. The maximum Gasteiger partial charge on any atom is 0.347 e. The maximum absolute atomic E-state index is 13.8. The van der Waals surface area contributed by atoms with E-state index in [1.807, 2.05) is 31.3 Å². The fourth-order valence-electron chi connectivity index (χ4n) is 4.92. The minimum atomic E-state index is -0.0314. The van der Waals surface area contributed by atoms with E-state index >= 15 is 0 Å². The van der Waals surface area contributed by atoms with Crippen molar-refractivity contribution in [2.45, 2.75) is 10.6 Å². The lowest BCUT2D eigenvalue weighted by Crippen LogP contribution is -2.29. The molecule has 0 aliphatic heterocycles. The van der Waals surface area contributed by atoms with Crippen LogP contribution in [-0.4, -0.2) is 18.6 Å². The summed E-state index contributed by atoms with van der Waals surface area (Å²) in [7, 11) is 5.22. The smallest absolute Gasteiger partial charge is 0.347 e. The number of imidazole rings is 1. The van der Waals surface area contributed by atoms with Crippen LogP contribution < -0.4 is 19.6 Å². The van der Waals surface area contributed by atoms with E-state index in [4.69, 9.17) is 9.47 Å². The van der Waals surface area contributed by atoms with Crippen LogP contribution in [0.1, 0.15) is 5.56 Å². The Morgan fingerprint density at radius 1 is 0.853 bits per heavy atom. The van der Waals surface area contributed by atoms with E-state index < -0.39 is 0 Å². The zero-order valence-electron chi connectivity index (χ0n) is 19.2. The van der Waals surface area contributed by atoms with Gasteiger partial charge in [-0.1, -0.05) is 42.5 Å². The van der Waals surface area contributed by atoms with Gasteiger partial charge >= 0.3 is 5.56 Å². The summed E-state index contributed by atoms with van der Waals surface area (Å²) >= 11 is 1.80. The zero-order chi connectivity index (χ0) is 23.4. The number of pyridine rings is 1. The van der Waals surface area contributed by atoms with Crippen LogP contribution in [0.3, 0.4) is 0 Å². The average molecular weight is 468 g/mol. The summed E-state index contributed by atoms with van der Waals surface area (Å²) in [6.45, 7) is 0. The second-order valence-electron chi connectivity index (χ2n) is 8.33. The Kier molecular flexibility index (Phi) is 4.85. The molecule has 168 valence electrons. The molecule has 0 N–H and O–H groups in total.